The summed E-state index contributed by atoms with van der Waals surface area (Å²) in [5.74, 6) is 0.469. The zero-order chi connectivity index (χ0) is 10.1. The van der Waals surface area contributed by atoms with Gasteiger partial charge in [0.1, 0.15) is 0 Å². The summed E-state index contributed by atoms with van der Waals surface area (Å²) in [5, 5.41) is 13.0. The van der Waals surface area contributed by atoms with Crippen LogP contribution in [-0.4, -0.2) is 5.84 Å². The molecule has 1 aliphatic rings. The van der Waals surface area contributed by atoms with E-state index in [0.717, 1.165) is 0 Å². The Morgan fingerprint density at radius 3 is 2.64 bits per heavy atom. The monoisotopic (exact) mass is 228 g/mol. The first-order chi connectivity index (χ1) is 6.66. The molecule has 1 unspecified atom stereocenters. The molecule has 0 fully saturated rings. The van der Waals surface area contributed by atoms with Gasteiger partial charge < -0.3 is 0 Å². The molecule has 0 saturated carbocycles. The number of amidine groups is 1. The Bertz CT molecular complexity index is 427. The van der Waals surface area contributed by atoms with Gasteiger partial charge in [-0.2, -0.15) is 5.12 Å². The molecule has 0 aliphatic carbocycles. The normalized spacial score (nSPS) is 19.9. The lowest BCUT2D eigenvalue weighted by Crippen LogP contribution is -2.95. The van der Waals surface area contributed by atoms with Gasteiger partial charge >= 0.3 is 0 Å². The number of quaternary nitrogens is 1. The van der Waals surface area contributed by atoms with E-state index in [0.29, 0.717) is 26.6 Å². The van der Waals surface area contributed by atoms with Crippen LogP contribution in [-0.2, 0) is 0 Å². The molecule has 1 atom stereocenters. The maximum absolute atomic E-state index is 5.96. The van der Waals surface area contributed by atoms with Crippen LogP contribution in [0.4, 0.5) is 0 Å². The lowest BCUT2D eigenvalue weighted by atomic mass is 10.2. The fraction of sp³-hybridized carbons (Fsp3) is 0. The van der Waals surface area contributed by atoms with Crippen molar-refractivity contribution in [1.29, 1.82) is 0 Å². The van der Waals surface area contributed by atoms with E-state index in [4.69, 9.17) is 23.2 Å². The van der Waals surface area contributed by atoms with Crippen LogP contribution < -0.4 is 5.12 Å². The molecule has 0 radical (unpaired) electrons. The van der Waals surface area contributed by atoms with E-state index < -0.39 is 0 Å². The molecule has 0 amide bonds. The predicted octanol–water partition coefficient (Wildman–Crippen LogP) is 1.71. The summed E-state index contributed by atoms with van der Waals surface area (Å²) < 4.78 is 0. The predicted molar refractivity (Wildman–Crippen MR) is 54.2 cm³/mol. The molecule has 0 saturated heterocycles. The average molecular weight is 229 g/mol. The van der Waals surface area contributed by atoms with Crippen molar-refractivity contribution < 1.29 is 5.12 Å². The second-order valence-corrected chi connectivity index (χ2v) is 3.52. The number of hydrogen-bond acceptors (Lipinski definition) is 3. The minimum atomic E-state index is 0.381. The summed E-state index contributed by atoms with van der Waals surface area (Å²) in [6, 6.07) is 5.11. The van der Waals surface area contributed by atoms with Gasteiger partial charge in [-0.05, 0) is 18.2 Å². The highest BCUT2D eigenvalue weighted by Gasteiger charge is 2.15. The van der Waals surface area contributed by atoms with Crippen LogP contribution in [0.15, 0.2) is 33.6 Å². The first kappa shape index (κ1) is 9.58. The first-order valence-electron chi connectivity index (χ1n) is 3.81. The van der Waals surface area contributed by atoms with Gasteiger partial charge in [-0.3, -0.25) is 0 Å². The van der Waals surface area contributed by atoms with Gasteiger partial charge in [0.05, 0.1) is 5.02 Å². The van der Waals surface area contributed by atoms with Crippen molar-refractivity contribution in [3.63, 3.8) is 0 Å². The third-order valence-corrected chi connectivity index (χ3v) is 2.21. The van der Waals surface area contributed by atoms with Crippen LogP contribution >= 0.6 is 23.2 Å². The van der Waals surface area contributed by atoms with Crippen molar-refractivity contribution in [2.45, 2.75) is 0 Å². The number of hydrogen-bond donors (Lipinski definition) is 1. The topological polar surface area (TPSA) is 41.5 Å². The minimum Gasteiger partial charge on any atom is -0.192 e. The number of rotatable bonds is 1. The molecule has 72 valence electrons. The van der Waals surface area contributed by atoms with Gasteiger partial charge in [0.25, 0.3) is 0 Å². The van der Waals surface area contributed by atoms with Gasteiger partial charge in [0.2, 0.25) is 5.84 Å². The molecule has 0 spiro atoms. The van der Waals surface area contributed by atoms with Gasteiger partial charge in [-0.15, -0.1) is 0 Å². The highest BCUT2D eigenvalue weighted by atomic mass is 35.5. The van der Waals surface area contributed by atoms with Crippen molar-refractivity contribution in [3.05, 3.63) is 40.9 Å². The largest absolute Gasteiger partial charge is 0.242 e. The minimum absolute atomic E-state index is 0.381. The fourth-order valence-electron chi connectivity index (χ4n) is 1.06. The highest BCUT2D eigenvalue weighted by Crippen LogP contribution is 2.22. The Kier molecular flexibility index (Phi) is 2.50. The van der Waals surface area contributed by atoms with Crippen LogP contribution in [0.25, 0.3) is 0 Å². The molecule has 1 heterocycles. The van der Waals surface area contributed by atoms with E-state index in [1.165, 1.54) is 0 Å². The van der Waals surface area contributed by atoms with Crippen molar-refractivity contribution in [2.75, 3.05) is 0 Å². The summed E-state index contributed by atoms with van der Waals surface area (Å²) >= 11 is 11.7. The molecular weight excluding hydrogens is 223 g/mol. The smallest absolute Gasteiger partial charge is 0.192 e. The second-order valence-electron chi connectivity index (χ2n) is 2.68. The summed E-state index contributed by atoms with van der Waals surface area (Å²) in [4.78, 5) is 0. The number of nitrogens with one attached hydrogen (secondary N) is 1. The van der Waals surface area contributed by atoms with Crippen molar-refractivity contribution >= 4 is 29.0 Å². The van der Waals surface area contributed by atoms with Gasteiger partial charge in [0, 0.05) is 15.8 Å². The molecule has 1 aromatic rings. The Balaban J connectivity index is 2.43. The third kappa shape index (κ3) is 1.77. The summed E-state index contributed by atoms with van der Waals surface area (Å²) in [6.45, 7) is 0. The Labute approximate surface area is 90.8 Å². The van der Waals surface area contributed by atoms with E-state index >= 15 is 0 Å². The van der Waals surface area contributed by atoms with E-state index in [1.54, 1.807) is 18.2 Å². The molecule has 6 heteroatoms. The quantitative estimate of drug-likeness (QED) is 0.712. The molecule has 1 N–H and O–H groups in total. The highest BCUT2D eigenvalue weighted by molar-refractivity contribution is 6.37. The van der Waals surface area contributed by atoms with E-state index in [-0.39, 0.29) is 0 Å². The zero-order valence-corrected chi connectivity index (χ0v) is 8.55. The SMILES string of the molecule is [CH2-][NH+]1N=NC(c2ccc(Cl)cc2Cl)=N1. The van der Waals surface area contributed by atoms with Gasteiger partial charge in [-0.25, -0.2) is 0 Å². The van der Waals surface area contributed by atoms with Crippen LogP contribution in [0, 0.1) is 7.05 Å². The van der Waals surface area contributed by atoms with E-state index in [1.807, 2.05) is 0 Å². The third-order valence-electron chi connectivity index (χ3n) is 1.67. The second kappa shape index (κ2) is 3.65. The molecule has 1 aliphatic heterocycles. The maximum Gasteiger partial charge on any atom is 0.242 e. The Morgan fingerprint density at radius 2 is 2.07 bits per heavy atom. The van der Waals surface area contributed by atoms with Gasteiger partial charge in [0.15, 0.2) is 0 Å². The number of nitrogens with zero attached hydrogens (tertiary/aromatic N) is 3. The standard InChI is InChI=1S/C8H6Cl2N4/c1-14-12-8(11-13-14)6-3-2-5(9)4-7(6)10/h2-4,14H,1H2. The van der Waals surface area contributed by atoms with Crippen molar-refractivity contribution in [1.82, 2.24) is 0 Å². The van der Waals surface area contributed by atoms with Crippen molar-refractivity contribution in [3.8, 4) is 0 Å². The molecule has 14 heavy (non-hydrogen) atoms. The Morgan fingerprint density at radius 1 is 1.29 bits per heavy atom. The van der Waals surface area contributed by atoms with Crippen LogP contribution in [0.2, 0.25) is 10.0 Å². The van der Waals surface area contributed by atoms with Crippen molar-refractivity contribution in [2.24, 2.45) is 15.4 Å². The molecule has 2 rings (SSSR count). The fourth-order valence-corrected chi connectivity index (χ4v) is 1.55. The van der Waals surface area contributed by atoms with Crippen LogP contribution in [0.3, 0.4) is 0 Å². The van der Waals surface area contributed by atoms with Gasteiger partial charge in [-0.1, -0.05) is 40.5 Å². The lowest BCUT2D eigenvalue weighted by molar-refractivity contribution is -0.868. The first-order valence-corrected chi connectivity index (χ1v) is 4.57. The average Bonchev–Trinajstić information content (AvgIpc) is 2.51. The zero-order valence-electron chi connectivity index (χ0n) is 7.04. The number of benzene rings is 1. The lowest BCUT2D eigenvalue weighted by Gasteiger charge is -1.99. The molecule has 0 bridgehead atoms. The maximum atomic E-state index is 5.96. The molecular formula is C8H6Cl2N4. The van der Waals surface area contributed by atoms with Crippen LogP contribution in [0.1, 0.15) is 5.56 Å². The molecule has 4 nitrogen and oxygen atoms in total. The summed E-state index contributed by atoms with van der Waals surface area (Å²) in [7, 11) is 3.56. The van der Waals surface area contributed by atoms with Crippen LogP contribution in [0.5, 0.6) is 0 Å². The number of halogens is 2. The molecule has 1 aromatic carbocycles. The van der Waals surface area contributed by atoms with E-state index in [9.17, 15) is 0 Å². The summed E-state index contributed by atoms with van der Waals surface area (Å²) in [6.07, 6.45) is 0. The van der Waals surface area contributed by atoms with E-state index in [2.05, 4.69) is 22.5 Å². The molecule has 0 aromatic heterocycles. The summed E-state index contributed by atoms with van der Waals surface area (Å²) in [5.41, 5.74) is 0.707. The Hall–Kier alpha value is -0.970.